The van der Waals surface area contributed by atoms with E-state index in [0.29, 0.717) is 12.0 Å². The average molecular weight is 425 g/mol. The lowest BCUT2D eigenvalue weighted by Crippen LogP contribution is -2.53. The SMILES string of the molecule is O=C(NCCc1ccccc1)C(Cc1ccccc1)(Oc1ccccc1)P(=O)(O)O. The second-order valence-electron chi connectivity index (χ2n) is 6.90. The van der Waals surface area contributed by atoms with Gasteiger partial charge in [-0.2, -0.15) is 0 Å². The molecule has 0 aliphatic carbocycles. The number of hydrogen-bond acceptors (Lipinski definition) is 3. The van der Waals surface area contributed by atoms with E-state index >= 15 is 0 Å². The van der Waals surface area contributed by atoms with E-state index in [1.807, 2.05) is 30.3 Å². The molecule has 1 atom stereocenters. The van der Waals surface area contributed by atoms with Gasteiger partial charge in [-0.05, 0) is 29.7 Å². The summed E-state index contributed by atoms with van der Waals surface area (Å²) in [6.45, 7) is 0.220. The number of carbonyl (C=O) groups excluding carboxylic acids is 1. The van der Waals surface area contributed by atoms with Crippen molar-refractivity contribution in [2.45, 2.75) is 18.2 Å². The van der Waals surface area contributed by atoms with Crippen LogP contribution in [-0.2, 0) is 22.2 Å². The fourth-order valence-electron chi connectivity index (χ4n) is 3.12. The molecular weight excluding hydrogens is 401 g/mol. The van der Waals surface area contributed by atoms with Crippen LogP contribution in [0.5, 0.6) is 5.75 Å². The van der Waals surface area contributed by atoms with Gasteiger partial charge in [-0.3, -0.25) is 9.36 Å². The maximum atomic E-state index is 13.2. The number of ether oxygens (including phenoxy) is 1. The number of para-hydroxylation sites is 1. The van der Waals surface area contributed by atoms with Crippen LogP contribution in [0.3, 0.4) is 0 Å². The highest BCUT2D eigenvalue weighted by atomic mass is 31.2. The van der Waals surface area contributed by atoms with Gasteiger partial charge in [0, 0.05) is 13.0 Å². The van der Waals surface area contributed by atoms with Crippen LogP contribution < -0.4 is 10.1 Å². The molecule has 7 heteroatoms. The van der Waals surface area contributed by atoms with Gasteiger partial charge in [0.1, 0.15) is 5.75 Å². The van der Waals surface area contributed by atoms with Crippen molar-refractivity contribution in [3.63, 3.8) is 0 Å². The number of nitrogens with one attached hydrogen (secondary N) is 1. The van der Waals surface area contributed by atoms with Gasteiger partial charge >= 0.3 is 7.60 Å². The molecule has 3 aromatic rings. The van der Waals surface area contributed by atoms with E-state index in [0.717, 1.165) is 5.56 Å². The van der Waals surface area contributed by atoms with Crippen LogP contribution in [0, 0.1) is 0 Å². The Morgan fingerprint density at radius 2 is 1.33 bits per heavy atom. The maximum absolute atomic E-state index is 13.2. The van der Waals surface area contributed by atoms with Crippen molar-refractivity contribution in [3.05, 3.63) is 102 Å². The van der Waals surface area contributed by atoms with E-state index in [2.05, 4.69) is 5.32 Å². The summed E-state index contributed by atoms with van der Waals surface area (Å²) in [5.41, 5.74) is 1.58. The van der Waals surface area contributed by atoms with Crippen LogP contribution in [0.25, 0.3) is 0 Å². The topological polar surface area (TPSA) is 95.9 Å². The van der Waals surface area contributed by atoms with Crippen LogP contribution in [0.4, 0.5) is 0 Å². The number of hydrogen-bond donors (Lipinski definition) is 3. The Balaban J connectivity index is 1.89. The summed E-state index contributed by atoms with van der Waals surface area (Å²) in [4.78, 5) is 33.7. The van der Waals surface area contributed by atoms with Crippen LogP contribution >= 0.6 is 7.60 Å². The molecule has 0 heterocycles. The van der Waals surface area contributed by atoms with E-state index in [4.69, 9.17) is 4.74 Å². The summed E-state index contributed by atoms with van der Waals surface area (Å²) >= 11 is 0. The van der Waals surface area contributed by atoms with Crippen LogP contribution in [0.15, 0.2) is 91.0 Å². The minimum absolute atomic E-state index is 0.204. The molecule has 0 saturated carbocycles. The third-order valence-electron chi connectivity index (χ3n) is 4.68. The predicted octanol–water partition coefficient (Wildman–Crippen LogP) is 3.54. The third-order valence-corrected chi connectivity index (χ3v) is 6.08. The predicted molar refractivity (Wildman–Crippen MR) is 115 cm³/mol. The highest BCUT2D eigenvalue weighted by Crippen LogP contribution is 2.53. The largest absolute Gasteiger partial charge is 0.464 e. The summed E-state index contributed by atoms with van der Waals surface area (Å²) in [6, 6.07) is 26.5. The molecule has 3 N–H and O–H groups in total. The summed E-state index contributed by atoms with van der Waals surface area (Å²) in [7, 11) is -5.04. The Labute approximate surface area is 175 Å². The first-order chi connectivity index (χ1) is 14.4. The fraction of sp³-hybridized carbons (Fsp3) is 0.174. The number of amides is 1. The van der Waals surface area contributed by atoms with E-state index in [9.17, 15) is 19.1 Å². The molecule has 0 aromatic heterocycles. The van der Waals surface area contributed by atoms with Crippen LogP contribution in [0.1, 0.15) is 11.1 Å². The van der Waals surface area contributed by atoms with E-state index in [1.165, 1.54) is 0 Å². The van der Waals surface area contributed by atoms with Gasteiger partial charge in [-0.25, -0.2) is 0 Å². The van der Waals surface area contributed by atoms with Crippen molar-refractivity contribution < 1.29 is 23.9 Å². The second-order valence-corrected chi connectivity index (χ2v) is 8.71. The minimum Gasteiger partial charge on any atom is -0.464 e. The Morgan fingerprint density at radius 1 is 0.833 bits per heavy atom. The standard InChI is InChI=1S/C23H24NO5P/c25-22(24-17-16-19-10-4-1-5-11-19)23(30(26,27)28,18-20-12-6-2-7-13-20)29-21-14-8-3-9-15-21/h1-15H,16-18H2,(H,24,25)(H2,26,27,28). The number of benzene rings is 3. The van der Waals surface area contributed by atoms with E-state index in [-0.39, 0.29) is 18.7 Å². The lowest BCUT2D eigenvalue weighted by molar-refractivity contribution is -0.131. The Kier molecular flexibility index (Phi) is 7.06. The lowest BCUT2D eigenvalue weighted by atomic mass is 10.1. The molecule has 0 spiro atoms. The summed E-state index contributed by atoms with van der Waals surface area (Å²) in [5, 5.41) is 0.280. The first-order valence-corrected chi connectivity index (χ1v) is 11.2. The maximum Gasteiger partial charge on any atom is 0.378 e. The zero-order valence-electron chi connectivity index (χ0n) is 16.3. The van der Waals surface area contributed by atoms with E-state index in [1.54, 1.807) is 60.7 Å². The third kappa shape index (κ3) is 5.36. The van der Waals surface area contributed by atoms with Gasteiger partial charge in [0.15, 0.2) is 0 Å². The Bertz CT molecular complexity index is 948. The van der Waals surface area contributed by atoms with Gasteiger partial charge in [-0.15, -0.1) is 0 Å². The first kappa shape index (κ1) is 21.8. The van der Waals surface area contributed by atoms with Crippen LogP contribution in [-0.4, -0.2) is 27.6 Å². The highest BCUT2D eigenvalue weighted by Gasteiger charge is 2.56. The first-order valence-electron chi connectivity index (χ1n) is 9.56. The molecule has 30 heavy (non-hydrogen) atoms. The van der Waals surface area contributed by atoms with Crippen molar-refractivity contribution >= 4 is 13.5 Å². The molecule has 0 fully saturated rings. The minimum atomic E-state index is -5.04. The second kappa shape index (κ2) is 9.72. The molecule has 3 aromatic carbocycles. The smallest absolute Gasteiger partial charge is 0.378 e. The average Bonchev–Trinajstić information content (AvgIpc) is 2.74. The number of rotatable bonds is 9. The molecule has 0 saturated heterocycles. The van der Waals surface area contributed by atoms with Gasteiger partial charge < -0.3 is 19.8 Å². The lowest BCUT2D eigenvalue weighted by Gasteiger charge is -2.33. The molecule has 0 aliphatic rings. The van der Waals surface area contributed by atoms with E-state index < -0.39 is 18.8 Å². The molecule has 3 rings (SSSR count). The summed E-state index contributed by atoms with van der Waals surface area (Å²) in [6.07, 6.45) is 0.255. The number of carbonyl (C=O) groups is 1. The quantitative estimate of drug-likeness (QED) is 0.456. The zero-order chi connectivity index (χ0) is 21.5. The molecule has 6 nitrogen and oxygen atoms in total. The summed E-state index contributed by atoms with van der Waals surface area (Å²) < 4.78 is 18.4. The van der Waals surface area contributed by atoms with Crippen LogP contribution in [0.2, 0.25) is 0 Å². The molecule has 156 valence electrons. The Hall–Kier alpha value is -2.92. The van der Waals surface area contributed by atoms with Crippen molar-refractivity contribution in [2.24, 2.45) is 0 Å². The monoisotopic (exact) mass is 425 g/mol. The van der Waals surface area contributed by atoms with Gasteiger partial charge in [-0.1, -0.05) is 78.9 Å². The zero-order valence-corrected chi connectivity index (χ0v) is 17.2. The molecule has 0 radical (unpaired) electrons. The van der Waals surface area contributed by atoms with Crippen molar-refractivity contribution in [1.82, 2.24) is 5.32 Å². The molecule has 1 amide bonds. The molecule has 0 aliphatic heterocycles. The van der Waals surface area contributed by atoms with Crippen molar-refractivity contribution in [3.8, 4) is 5.75 Å². The van der Waals surface area contributed by atoms with Gasteiger partial charge in [0.2, 0.25) is 0 Å². The Morgan fingerprint density at radius 3 is 1.87 bits per heavy atom. The highest BCUT2D eigenvalue weighted by molar-refractivity contribution is 7.54. The van der Waals surface area contributed by atoms with Crippen molar-refractivity contribution in [1.29, 1.82) is 0 Å². The fourth-order valence-corrected chi connectivity index (χ4v) is 4.07. The van der Waals surface area contributed by atoms with Crippen molar-refractivity contribution in [2.75, 3.05) is 6.54 Å². The normalized spacial score (nSPS) is 13.3. The molecule has 0 bridgehead atoms. The molecular formula is C23H24NO5P. The van der Waals surface area contributed by atoms with Gasteiger partial charge in [0.25, 0.3) is 11.2 Å². The summed E-state index contributed by atoms with van der Waals surface area (Å²) in [5.74, 6) is -0.644. The molecule has 1 unspecified atom stereocenters. The van der Waals surface area contributed by atoms with Gasteiger partial charge in [0.05, 0.1) is 0 Å².